The molecule has 0 heterocycles. The van der Waals surface area contributed by atoms with E-state index in [-0.39, 0.29) is 0 Å². The van der Waals surface area contributed by atoms with E-state index >= 15 is 0 Å². The van der Waals surface area contributed by atoms with Crippen molar-refractivity contribution in [2.75, 3.05) is 14.2 Å². The van der Waals surface area contributed by atoms with Crippen LogP contribution in [0.25, 0.3) is 6.08 Å². The Morgan fingerprint density at radius 2 is 1.94 bits per heavy atom. The Bertz CT molecular complexity index is 321. The van der Waals surface area contributed by atoms with E-state index in [1.807, 2.05) is 12.1 Å². The van der Waals surface area contributed by atoms with Crippen LogP contribution in [0.15, 0.2) is 30.8 Å². The van der Waals surface area contributed by atoms with E-state index in [4.69, 9.17) is 8.85 Å². The second-order valence-corrected chi connectivity index (χ2v) is 5.60. The zero-order valence-corrected chi connectivity index (χ0v) is 11.0. The molecule has 2 nitrogen and oxygen atoms in total. The lowest BCUT2D eigenvalue weighted by Crippen LogP contribution is -2.18. The van der Waals surface area contributed by atoms with Crippen molar-refractivity contribution >= 4 is 15.4 Å². The average Bonchev–Trinajstić information content (AvgIpc) is 2.35. The Morgan fingerprint density at radius 3 is 2.56 bits per heavy atom. The molecule has 3 heteroatoms. The Hall–Kier alpha value is -0.903. The van der Waals surface area contributed by atoms with Gasteiger partial charge in [-0.2, -0.15) is 0 Å². The second kappa shape index (κ2) is 7.38. The van der Waals surface area contributed by atoms with E-state index in [0.29, 0.717) is 0 Å². The number of hydrogen-bond acceptors (Lipinski definition) is 2. The highest BCUT2D eigenvalue weighted by Crippen LogP contribution is 2.14. The molecule has 0 N–H and O–H groups in total. The summed E-state index contributed by atoms with van der Waals surface area (Å²) in [4.78, 5) is 0. The molecule has 0 bridgehead atoms. The van der Waals surface area contributed by atoms with Gasteiger partial charge in [0.2, 0.25) is 0 Å². The highest BCUT2D eigenvalue weighted by atomic mass is 28.3. The van der Waals surface area contributed by atoms with Gasteiger partial charge in [-0.15, -0.1) is 0 Å². The third kappa shape index (κ3) is 3.93. The number of hydrogen-bond donors (Lipinski definition) is 0. The first-order valence-corrected chi connectivity index (χ1v) is 6.98. The first-order chi connectivity index (χ1) is 7.81. The maximum Gasteiger partial charge on any atom is 0.384 e. The van der Waals surface area contributed by atoms with Gasteiger partial charge in [0.25, 0.3) is 0 Å². The summed E-state index contributed by atoms with van der Waals surface area (Å²) in [6.45, 7) is 3.82. The van der Waals surface area contributed by atoms with E-state index in [2.05, 4.69) is 24.8 Å². The first kappa shape index (κ1) is 13.2. The maximum atomic E-state index is 5.25. The van der Waals surface area contributed by atoms with Gasteiger partial charge in [0.1, 0.15) is 0 Å². The number of benzene rings is 1. The van der Waals surface area contributed by atoms with Gasteiger partial charge >= 0.3 is 9.28 Å². The first-order valence-electron chi connectivity index (χ1n) is 5.46. The Morgan fingerprint density at radius 1 is 1.25 bits per heavy atom. The fraction of sp³-hybridized carbons (Fsp3) is 0.385. The standard InChI is InChI=1S/C13H19O2Si/c1-4-12-8-5-6-9-13(12)10-7-11-16(14-2)15-3/h4-6,8-9H,1,7,10-11H2,2-3H3. The summed E-state index contributed by atoms with van der Waals surface area (Å²) in [5.74, 6) is 0. The van der Waals surface area contributed by atoms with Gasteiger partial charge in [-0.1, -0.05) is 36.9 Å². The normalized spacial score (nSPS) is 10.7. The van der Waals surface area contributed by atoms with Crippen LogP contribution in [0.4, 0.5) is 0 Å². The van der Waals surface area contributed by atoms with Gasteiger partial charge in [0.15, 0.2) is 0 Å². The lowest BCUT2D eigenvalue weighted by molar-refractivity contribution is 0.276. The molecule has 0 amide bonds. The van der Waals surface area contributed by atoms with Gasteiger partial charge in [-0.3, -0.25) is 0 Å². The van der Waals surface area contributed by atoms with Crippen LogP contribution in [0.2, 0.25) is 6.04 Å². The summed E-state index contributed by atoms with van der Waals surface area (Å²) in [6, 6.07) is 9.38. The molecule has 0 aliphatic heterocycles. The van der Waals surface area contributed by atoms with Gasteiger partial charge in [-0.05, 0) is 30.0 Å². The van der Waals surface area contributed by atoms with Crippen LogP contribution >= 0.6 is 0 Å². The van der Waals surface area contributed by atoms with Crippen LogP contribution in [0, 0.1) is 0 Å². The quantitative estimate of drug-likeness (QED) is 0.676. The smallest absolute Gasteiger partial charge is 0.384 e. The molecule has 1 radical (unpaired) electrons. The summed E-state index contributed by atoms with van der Waals surface area (Å²) in [7, 11) is 2.40. The van der Waals surface area contributed by atoms with Crippen molar-refractivity contribution in [3.05, 3.63) is 42.0 Å². The molecular weight excluding hydrogens is 216 g/mol. The molecule has 0 atom stereocenters. The van der Waals surface area contributed by atoms with Gasteiger partial charge in [-0.25, -0.2) is 0 Å². The van der Waals surface area contributed by atoms with Crippen molar-refractivity contribution in [3.8, 4) is 0 Å². The third-order valence-electron chi connectivity index (χ3n) is 2.56. The zero-order chi connectivity index (χ0) is 11.8. The predicted molar refractivity (Wildman–Crippen MR) is 69.4 cm³/mol. The minimum Gasteiger partial charge on any atom is -0.397 e. The van der Waals surface area contributed by atoms with Crippen LogP contribution in [0.3, 0.4) is 0 Å². The molecule has 0 saturated heterocycles. The lowest BCUT2D eigenvalue weighted by Gasteiger charge is -2.09. The molecule has 0 aliphatic rings. The highest BCUT2D eigenvalue weighted by Gasteiger charge is 2.11. The van der Waals surface area contributed by atoms with E-state index in [1.165, 1.54) is 11.1 Å². The molecule has 0 aromatic heterocycles. The van der Waals surface area contributed by atoms with Gasteiger partial charge in [0.05, 0.1) is 0 Å². The highest BCUT2D eigenvalue weighted by molar-refractivity contribution is 6.44. The molecule has 16 heavy (non-hydrogen) atoms. The third-order valence-corrected chi connectivity index (χ3v) is 4.23. The fourth-order valence-electron chi connectivity index (χ4n) is 1.67. The van der Waals surface area contributed by atoms with Crippen molar-refractivity contribution in [2.45, 2.75) is 18.9 Å². The van der Waals surface area contributed by atoms with Crippen LogP contribution < -0.4 is 0 Å². The minimum absolute atomic E-state index is 1.02. The Labute approximate surface area is 99.7 Å². The summed E-state index contributed by atoms with van der Waals surface area (Å²) in [6.07, 6.45) is 4.07. The van der Waals surface area contributed by atoms with Gasteiger partial charge in [0, 0.05) is 14.2 Å². The molecular formula is C13H19O2Si. The van der Waals surface area contributed by atoms with E-state index < -0.39 is 9.28 Å². The molecule has 0 fully saturated rings. The number of rotatable bonds is 7. The molecule has 0 spiro atoms. The Balaban J connectivity index is 2.45. The molecule has 1 aromatic rings. The fourth-order valence-corrected chi connectivity index (χ4v) is 2.71. The molecule has 0 saturated carbocycles. The maximum absolute atomic E-state index is 5.25. The monoisotopic (exact) mass is 235 g/mol. The summed E-state index contributed by atoms with van der Waals surface area (Å²) in [5, 5.41) is 0. The summed E-state index contributed by atoms with van der Waals surface area (Å²) < 4.78 is 10.5. The predicted octanol–water partition coefficient (Wildman–Crippen LogP) is 3.04. The Kier molecular flexibility index (Phi) is 6.07. The minimum atomic E-state index is -1.04. The summed E-state index contributed by atoms with van der Waals surface area (Å²) in [5.41, 5.74) is 2.58. The van der Waals surface area contributed by atoms with Crippen LogP contribution in [0.5, 0.6) is 0 Å². The van der Waals surface area contributed by atoms with Crippen molar-refractivity contribution in [1.82, 2.24) is 0 Å². The van der Waals surface area contributed by atoms with E-state index in [0.717, 1.165) is 18.9 Å². The van der Waals surface area contributed by atoms with Crippen molar-refractivity contribution in [1.29, 1.82) is 0 Å². The van der Waals surface area contributed by atoms with Crippen molar-refractivity contribution < 1.29 is 8.85 Å². The van der Waals surface area contributed by atoms with Gasteiger partial charge < -0.3 is 8.85 Å². The van der Waals surface area contributed by atoms with E-state index in [9.17, 15) is 0 Å². The summed E-state index contributed by atoms with van der Waals surface area (Å²) >= 11 is 0. The number of aryl methyl sites for hydroxylation is 1. The molecule has 0 aliphatic carbocycles. The van der Waals surface area contributed by atoms with Crippen molar-refractivity contribution in [2.24, 2.45) is 0 Å². The van der Waals surface area contributed by atoms with Crippen LogP contribution in [-0.4, -0.2) is 23.5 Å². The topological polar surface area (TPSA) is 18.5 Å². The lowest BCUT2D eigenvalue weighted by atomic mass is 10.0. The van der Waals surface area contributed by atoms with Crippen LogP contribution in [0.1, 0.15) is 17.5 Å². The van der Waals surface area contributed by atoms with Crippen molar-refractivity contribution in [3.63, 3.8) is 0 Å². The van der Waals surface area contributed by atoms with Crippen LogP contribution in [-0.2, 0) is 15.3 Å². The molecule has 0 unspecified atom stereocenters. The largest absolute Gasteiger partial charge is 0.397 e. The molecule has 1 aromatic carbocycles. The second-order valence-electron chi connectivity index (χ2n) is 3.54. The SMILES string of the molecule is C=Cc1ccccc1CCC[Si](OC)OC. The molecule has 87 valence electrons. The average molecular weight is 235 g/mol. The zero-order valence-electron chi connectivity index (χ0n) is 10.0. The van der Waals surface area contributed by atoms with E-state index in [1.54, 1.807) is 14.2 Å². The molecule has 1 rings (SSSR count).